The molecule has 196 valence electrons. The van der Waals surface area contributed by atoms with Gasteiger partial charge in [-0.2, -0.15) is 0 Å². The summed E-state index contributed by atoms with van der Waals surface area (Å²) in [6.45, 7) is 6.77. The Morgan fingerprint density at radius 2 is 2.14 bits per heavy atom. The van der Waals surface area contributed by atoms with Crippen LogP contribution in [0.1, 0.15) is 54.6 Å². The molecule has 0 spiro atoms. The van der Waals surface area contributed by atoms with Crippen LogP contribution in [0.15, 0.2) is 57.9 Å². The highest BCUT2D eigenvalue weighted by Crippen LogP contribution is 2.36. The van der Waals surface area contributed by atoms with Crippen LogP contribution in [-0.2, 0) is 15.6 Å². The molecule has 7 nitrogen and oxygen atoms in total. The molecule has 9 heteroatoms. The van der Waals surface area contributed by atoms with E-state index in [9.17, 15) is 4.79 Å². The normalized spacial score (nSPS) is 19.8. The predicted octanol–water partition coefficient (Wildman–Crippen LogP) is 5.91. The third kappa shape index (κ3) is 6.05. The molecule has 3 unspecified atom stereocenters. The maximum atomic E-state index is 15.4. The molecule has 0 amide bonds. The number of fused-ring (bicyclic) bond motifs is 1. The van der Waals surface area contributed by atoms with Gasteiger partial charge in [-0.3, -0.25) is 4.79 Å². The Hall–Kier alpha value is -3.17. The fraction of sp³-hybridized carbons (Fsp3) is 0.393. The highest BCUT2D eigenvalue weighted by atomic mass is 32.2. The lowest BCUT2D eigenvalue weighted by Gasteiger charge is -2.21. The van der Waals surface area contributed by atoms with Crippen LogP contribution in [-0.4, -0.2) is 54.3 Å². The van der Waals surface area contributed by atoms with Gasteiger partial charge in [-0.25, -0.2) is 23.0 Å². The lowest BCUT2D eigenvalue weighted by atomic mass is 9.92. The van der Waals surface area contributed by atoms with Crippen molar-refractivity contribution < 1.29 is 13.9 Å². The average Bonchev–Trinajstić information content (AvgIpc) is 3.16. The number of ether oxygens (including phenoxy) is 1. The number of aliphatic imine (C=N–C) groups is 1. The molecule has 1 N–H and O–H groups in total. The van der Waals surface area contributed by atoms with Crippen molar-refractivity contribution in [2.45, 2.75) is 39.2 Å². The summed E-state index contributed by atoms with van der Waals surface area (Å²) < 4.78 is 27.3. The SMILES string of the molecule is COC1=CC(C)C=C(c2cnc3c(c2)C(CC(=O)c2cccc(N=S(C)N(C)C(C)C)c2F)CN3)C=N1. The van der Waals surface area contributed by atoms with Gasteiger partial charge in [0.05, 0.1) is 12.7 Å². The number of methoxy groups -OCH3 is 1. The molecular weight excluding hydrogens is 489 g/mol. The lowest BCUT2D eigenvalue weighted by molar-refractivity contribution is 0.0972. The molecule has 0 saturated heterocycles. The molecule has 0 bridgehead atoms. The van der Waals surface area contributed by atoms with Crippen molar-refractivity contribution >= 4 is 40.0 Å². The number of carbonyl (C=O) groups is 1. The number of nitrogens with zero attached hydrogens (tertiary/aromatic N) is 4. The standard InChI is InChI=1S/C28H34FN5O2S/c1-17(2)34(4)37(6)33-24-9-7-8-22(27(24)29)25(35)13-21-16-32-28-23(21)12-20(15-31-28)19-10-18(3)11-26(36-5)30-14-19/h7-12,14-15,17-18,21H,13,16H2,1-6H3,(H,31,32). The van der Waals surface area contributed by atoms with Crippen LogP contribution < -0.4 is 5.32 Å². The summed E-state index contributed by atoms with van der Waals surface area (Å²) in [7, 11) is 3.05. The minimum atomic E-state index is -0.558. The number of benzene rings is 1. The number of nitrogens with one attached hydrogen (secondary N) is 1. The number of allylic oxidation sites excluding steroid dienone is 3. The summed E-state index contributed by atoms with van der Waals surface area (Å²) in [5.74, 6) is 0.548. The van der Waals surface area contributed by atoms with Gasteiger partial charge in [0.1, 0.15) is 11.5 Å². The predicted molar refractivity (Wildman–Crippen MR) is 150 cm³/mol. The summed E-state index contributed by atoms with van der Waals surface area (Å²) in [5, 5.41) is 3.29. The molecule has 2 aliphatic rings. The maximum absolute atomic E-state index is 15.4. The Morgan fingerprint density at radius 3 is 2.86 bits per heavy atom. The van der Waals surface area contributed by atoms with Crippen LogP contribution in [0, 0.1) is 11.7 Å². The highest BCUT2D eigenvalue weighted by Gasteiger charge is 2.28. The monoisotopic (exact) mass is 523 g/mol. The first-order valence-electron chi connectivity index (χ1n) is 12.4. The molecule has 37 heavy (non-hydrogen) atoms. The molecule has 0 fully saturated rings. The summed E-state index contributed by atoms with van der Waals surface area (Å²) in [6, 6.07) is 7.20. The van der Waals surface area contributed by atoms with Crippen molar-refractivity contribution in [2.75, 3.05) is 32.3 Å². The largest absolute Gasteiger partial charge is 0.481 e. The van der Waals surface area contributed by atoms with Crippen LogP contribution in [0.4, 0.5) is 15.9 Å². The van der Waals surface area contributed by atoms with Gasteiger partial charge in [0.2, 0.25) is 5.88 Å². The second-order valence-electron chi connectivity index (χ2n) is 9.63. The fourth-order valence-electron chi connectivity index (χ4n) is 4.33. The van der Waals surface area contributed by atoms with E-state index < -0.39 is 16.7 Å². The highest BCUT2D eigenvalue weighted by molar-refractivity contribution is 7.84. The number of aromatic nitrogens is 1. The quantitative estimate of drug-likeness (QED) is 0.435. The molecule has 3 atom stereocenters. The van der Waals surface area contributed by atoms with E-state index in [1.165, 1.54) is 0 Å². The van der Waals surface area contributed by atoms with Gasteiger partial charge >= 0.3 is 0 Å². The van der Waals surface area contributed by atoms with Crippen molar-refractivity contribution in [3.05, 3.63) is 71.0 Å². The number of ketones is 1. The third-order valence-corrected chi connectivity index (χ3v) is 8.40. The molecule has 0 radical (unpaired) electrons. The van der Waals surface area contributed by atoms with Crippen molar-refractivity contribution in [1.82, 2.24) is 9.29 Å². The third-order valence-electron chi connectivity index (χ3n) is 6.68. The van der Waals surface area contributed by atoms with Crippen molar-refractivity contribution in [3.63, 3.8) is 0 Å². The first kappa shape index (κ1) is 26.9. The van der Waals surface area contributed by atoms with Crippen LogP contribution in [0.25, 0.3) is 5.57 Å². The number of rotatable bonds is 8. The van der Waals surface area contributed by atoms with Crippen LogP contribution >= 0.6 is 0 Å². The van der Waals surface area contributed by atoms with Crippen molar-refractivity contribution in [1.29, 1.82) is 0 Å². The Labute approximate surface area is 220 Å². The second kappa shape index (κ2) is 11.5. The first-order chi connectivity index (χ1) is 17.7. The topological polar surface area (TPSA) is 79.2 Å². The van der Waals surface area contributed by atoms with Gasteiger partial charge in [0, 0.05) is 54.7 Å². The van der Waals surface area contributed by atoms with E-state index in [4.69, 9.17) is 4.74 Å². The smallest absolute Gasteiger partial charge is 0.209 e. The molecule has 1 aromatic heterocycles. The van der Waals surface area contributed by atoms with Gasteiger partial charge in [-0.05, 0) is 67.5 Å². The summed E-state index contributed by atoms with van der Waals surface area (Å²) in [6.07, 6.45) is 9.75. The number of pyridine rings is 1. The zero-order chi connectivity index (χ0) is 26.7. The van der Waals surface area contributed by atoms with Crippen molar-refractivity contribution in [3.8, 4) is 0 Å². The van der Waals surface area contributed by atoms with Gasteiger partial charge in [0.25, 0.3) is 0 Å². The summed E-state index contributed by atoms with van der Waals surface area (Å²) in [5.41, 5.74) is 3.10. The minimum Gasteiger partial charge on any atom is -0.481 e. The van der Waals surface area contributed by atoms with Gasteiger partial charge < -0.3 is 10.1 Å². The molecule has 1 aromatic carbocycles. The van der Waals surface area contributed by atoms with Crippen molar-refractivity contribution in [2.24, 2.45) is 15.3 Å². The number of anilines is 1. The summed E-state index contributed by atoms with van der Waals surface area (Å²) in [4.78, 5) is 22.3. The Balaban J connectivity index is 1.56. The van der Waals surface area contributed by atoms with Gasteiger partial charge in [-0.15, -0.1) is 0 Å². The van der Waals surface area contributed by atoms with E-state index in [0.29, 0.717) is 12.4 Å². The number of hydrogen-bond acceptors (Lipinski definition) is 6. The zero-order valence-electron chi connectivity index (χ0n) is 22.2. The number of hydrogen-bond donors (Lipinski definition) is 1. The van der Waals surface area contributed by atoms with Crippen LogP contribution in [0.2, 0.25) is 0 Å². The van der Waals surface area contributed by atoms with E-state index in [1.54, 1.807) is 37.7 Å². The first-order valence-corrected chi connectivity index (χ1v) is 13.9. The molecule has 0 aliphatic carbocycles. The molecule has 4 rings (SSSR count). The molecular formula is C28H34FN5O2S. The maximum Gasteiger partial charge on any atom is 0.209 e. The molecule has 2 aromatic rings. The van der Waals surface area contributed by atoms with E-state index in [0.717, 1.165) is 22.5 Å². The number of Topliss-reactive ketones (excluding diaryl/α,β-unsaturated/α-hetero) is 1. The van der Waals surface area contributed by atoms with Crippen LogP contribution in [0.3, 0.4) is 0 Å². The van der Waals surface area contributed by atoms with E-state index in [-0.39, 0.29) is 41.3 Å². The summed E-state index contributed by atoms with van der Waals surface area (Å²) >= 11 is 0. The lowest BCUT2D eigenvalue weighted by Crippen LogP contribution is -2.27. The van der Waals surface area contributed by atoms with E-state index in [2.05, 4.69) is 56.9 Å². The van der Waals surface area contributed by atoms with Gasteiger partial charge in [-0.1, -0.05) is 19.1 Å². The number of carbonyl (C=O) groups excluding carboxylic acids is 1. The molecule has 3 heterocycles. The molecule has 2 aliphatic heterocycles. The second-order valence-corrected chi connectivity index (χ2v) is 11.3. The van der Waals surface area contributed by atoms with E-state index >= 15 is 4.39 Å². The van der Waals surface area contributed by atoms with E-state index in [1.807, 2.05) is 19.4 Å². The number of halogens is 1. The fourth-order valence-corrected chi connectivity index (χ4v) is 5.49. The molecule has 0 saturated carbocycles. The Morgan fingerprint density at radius 1 is 1.35 bits per heavy atom. The Bertz CT molecular complexity index is 1320. The van der Waals surface area contributed by atoms with Crippen LogP contribution in [0.5, 0.6) is 0 Å². The minimum absolute atomic E-state index is 0.0774. The van der Waals surface area contributed by atoms with Gasteiger partial charge in [0.15, 0.2) is 11.6 Å². The Kier molecular flexibility index (Phi) is 8.34. The zero-order valence-corrected chi connectivity index (χ0v) is 23.0. The average molecular weight is 524 g/mol.